The molecule has 1 heterocycles. The lowest BCUT2D eigenvalue weighted by atomic mass is 9.85. The van der Waals surface area contributed by atoms with Crippen LogP contribution in [0.25, 0.3) is 0 Å². The summed E-state index contributed by atoms with van der Waals surface area (Å²) < 4.78 is 5.24. The van der Waals surface area contributed by atoms with E-state index in [4.69, 9.17) is 10.5 Å². The molecule has 0 aliphatic carbocycles. The maximum atomic E-state index is 6.13. The van der Waals surface area contributed by atoms with Gasteiger partial charge < -0.3 is 15.4 Å². The molecule has 1 fully saturated rings. The van der Waals surface area contributed by atoms with E-state index in [2.05, 4.69) is 30.6 Å². The van der Waals surface area contributed by atoms with Gasteiger partial charge in [-0.1, -0.05) is 20.8 Å². The van der Waals surface area contributed by atoms with E-state index in [0.717, 1.165) is 32.2 Å². The zero-order valence-corrected chi connectivity index (χ0v) is 13.3. The van der Waals surface area contributed by atoms with E-state index in [1.54, 1.807) is 7.11 Å². The smallest absolute Gasteiger partial charge is 0.0589 e. The molecule has 0 amide bonds. The molecule has 0 radical (unpaired) electrons. The van der Waals surface area contributed by atoms with Crippen LogP contribution in [-0.2, 0) is 4.74 Å². The van der Waals surface area contributed by atoms with Gasteiger partial charge in [-0.05, 0) is 38.4 Å². The first-order valence-corrected chi connectivity index (χ1v) is 7.74. The molecule has 0 aromatic rings. The van der Waals surface area contributed by atoms with Crippen LogP contribution in [0.15, 0.2) is 0 Å². The zero-order valence-electron chi connectivity index (χ0n) is 13.3. The summed E-state index contributed by atoms with van der Waals surface area (Å²) in [7, 11) is 1.77. The highest BCUT2D eigenvalue weighted by molar-refractivity contribution is 4.96. The standard InChI is InChI=1S/C15H33N3O/c1-5-18(10-11-19-4)15(13-16)6-8-17(9-7-15)12-14(2)3/h14H,5-13,16H2,1-4H3. The van der Waals surface area contributed by atoms with E-state index in [-0.39, 0.29) is 5.54 Å². The zero-order chi connectivity index (χ0) is 14.3. The molecule has 1 aliphatic heterocycles. The third-order valence-electron chi connectivity index (χ3n) is 4.41. The summed E-state index contributed by atoms with van der Waals surface area (Å²) in [4.78, 5) is 5.12. The van der Waals surface area contributed by atoms with Crippen LogP contribution in [0.3, 0.4) is 0 Å². The van der Waals surface area contributed by atoms with Crippen LogP contribution < -0.4 is 5.73 Å². The molecule has 1 aliphatic rings. The maximum Gasteiger partial charge on any atom is 0.0589 e. The number of ether oxygens (including phenoxy) is 1. The average molecular weight is 271 g/mol. The average Bonchev–Trinajstić information content (AvgIpc) is 2.41. The van der Waals surface area contributed by atoms with Crippen molar-refractivity contribution in [3.63, 3.8) is 0 Å². The van der Waals surface area contributed by atoms with Gasteiger partial charge in [-0.25, -0.2) is 0 Å². The van der Waals surface area contributed by atoms with Crippen LogP contribution >= 0.6 is 0 Å². The Kier molecular flexibility index (Phi) is 7.29. The molecule has 4 nitrogen and oxygen atoms in total. The Morgan fingerprint density at radius 3 is 2.37 bits per heavy atom. The molecule has 1 rings (SSSR count). The molecule has 0 unspecified atom stereocenters. The number of likely N-dealkylation sites (tertiary alicyclic amines) is 1. The minimum Gasteiger partial charge on any atom is -0.383 e. The number of rotatable bonds is 8. The van der Waals surface area contributed by atoms with Gasteiger partial charge in [0.15, 0.2) is 0 Å². The van der Waals surface area contributed by atoms with Crippen LogP contribution in [0.1, 0.15) is 33.6 Å². The largest absolute Gasteiger partial charge is 0.383 e. The van der Waals surface area contributed by atoms with Crippen molar-refractivity contribution < 1.29 is 4.74 Å². The van der Waals surface area contributed by atoms with E-state index >= 15 is 0 Å². The minimum atomic E-state index is 0.195. The Labute approximate surface area is 119 Å². The van der Waals surface area contributed by atoms with E-state index in [1.165, 1.54) is 32.5 Å². The Morgan fingerprint density at radius 2 is 1.95 bits per heavy atom. The monoisotopic (exact) mass is 271 g/mol. The molecule has 4 heteroatoms. The van der Waals surface area contributed by atoms with Gasteiger partial charge in [0.25, 0.3) is 0 Å². The molecule has 0 saturated carbocycles. The van der Waals surface area contributed by atoms with E-state index in [1.807, 2.05) is 0 Å². The van der Waals surface area contributed by atoms with Crippen molar-refractivity contribution in [2.24, 2.45) is 11.7 Å². The minimum absolute atomic E-state index is 0.195. The van der Waals surface area contributed by atoms with Crippen molar-refractivity contribution in [2.75, 3.05) is 53.0 Å². The number of likely N-dealkylation sites (N-methyl/N-ethyl adjacent to an activating group) is 1. The van der Waals surface area contributed by atoms with Gasteiger partial charge >= 0.3 is 0 Å². The first kappa shape index (κ1) is 16.9. The summed E-state index contributed by atoms with van der Waals surface area (Å²) in [6, 6.07) is 0. The lowest BCUT2D eigenvalue weighted by molar-refractivity contribution is 0.0119. The molecule has 1 saturated heterocycles. The van der Waals surface area contributed by atoms with Crippen LogP contribution in [-0.4, -0.2) is 68.3 Å². The molecule has 0 atom stereocenters. The Morgan fingerprint density at radius 1 is 1.32 bits per heavy atom. The predicted octanol–water partition coefficient (Wildman–Crippen LogP) is 1.40. The topological polar surface area (TPSA) is 41.7 Å². The third-order valence-corrected chi connectivity index (χ3v) is 4.41. The molecular formula is C15H33N3O. The third kappa shape index (κ3) is 4.71. The van der Waals surface area contributed by atoms with Crippen molar-refractivity contribution in [1.82, 2.24) is 9.80 Å². The van der Waals surface area contributed by atoms with Crippen molar-refractivity contribution >= 4 is 0 Å². The summed E-state index contributed by atoms with van der Waals surface area (Å²) in [5.41, 5.74) is 6.33. The second kappa shape index (κ2) is 8.20. The second-order valence-electron chi connectivity index (χ2n) is 6.20. The van der Waals surface area contributed by atoms with Gasteiger partial charge in [-0.15, -0.1) is 0 Å². The second-order valence-corrected chi connectivity index (χ2v) is 6.20. The first-order valence-electron chi connectivity index (χ1n) is 7.74. The van der Waals surface area contributed by atoms with Gasteiger partial charge in [0.2, 0.25) is 0 Å². The fraction of sp³-hybridized carbons (Fsp3) is 1.00. The van der Waals surface area contributed by atoms with Crippen LogP contribution in [0.2, 0.25) is 0 Å². The molecule has 114 valence electrons. The van der Waals surface area contributed by atoms with Gasteiger partial charge in [0.1, 0.15) is 0 Å². The summed E-state index contributed by atoms with van der Waals surface area (Å²) in [6.45, 7) is 14.0. The SMILES string of the molecule is CCN(CCOC)C1(CN)CCN(CC(C)C)CC1. The van der Waals surface area contributed by atoms with Crippen LogP contribution in [0.5, 0.6) is 0 Å². The fourth-order valence-corrected chi connectivity index (χ4v) is 3.25. The van der Waals surface area contributed by atoms with E-state index < -0.39 is 0 Å². The molecule has 19 heavy (non-hydrogen) atoms. The van der Waals surface area contributed by atoms with Crippen molar-refractivity contribution in [3.05, 3.63) is 0 Å². The molecule has 0 spiro atoms. The normalized spacial score (nSPS) is 20.4. The van der Waals surface area contributed by atoms with Gasteiger partial charge in [0, 0.05) is 32.3 Å². The van der Waals surface area contributed by atoms with Crippen molar-refractivity contribution in [3.8, 4) is 0 Å². The highest BCUT2D eigenvalue weighted by Gasteiger charge is 2.37. The lowest BCUT2D eigenvalue weighted by Gasteiger charge is -2.48. The molecule has 0 aromatic heterocycles. The molecular weight excluding hydrogens is 238 g/mol. The Hall–Kier alpha value is -0.160. The highest BCUT2D eigenvalue weighted by atomic mass is 16.5. The Bertz CT molecular complexity index is 238. The van der Waals surface area contributed by atoms with Gasteiger partial charge in [-0.2, -0.15) is 0 Å². The quantitative estimate of drug-likeness (QED) is 0.725. The number of methoxy groups -OCH3 is 1. The van der Waals surface area contributed by atoms with Crippen molar-refractivity contribution in [1.29, 1.82) is 0 Å². The summed E-state index contributed by atoms with van der Waals surface area (Å²) >= 11 is 0. The first-order chi connectivity index (χ1) is 9.07. The van der Waals surface area contributed by atoms with Gasteiger partial charge in [0.05, 0.1) is 6.61 Å². The van der Waals surface area contributed by atoms with E-state index in [9.17, 15) is 0 Å². The number of piperidine rings is 1. The van der Waals surface area contributed by atoms with Gasteiger partial charge in [-0.3, -0.25) is 4.90 Å². The lowest BCUT2D eigenvalue weighted by Crippen LogP contribution is -2.60. The number of nitrogens with two attached hydrogens (primary N) is 1. The summed E-state index contributed by atoms with van der Waals surface area (Å²) in [5.74, 6) is 0.751. The summed E-state index contributed by atoms with van der Waals surface area (Å²) in [6.07, 6.45) is 2.38. The molecule has 0 aromatic carbocycles. The van der Waals surface area contributed by atoms with Crippen LogP contribution in [0, 0.1) is 5.92 Å². The fourth-order valence-electron chi connectivity index (χ4n) is 3.25. The number of nitrogens with zero attached hydrogens (tertiary/aromatic N) is 2. The predicted molar refractivity (Wildman–Crippen MR) is 81.4 cm³/mol. The maximum absolute atomic E-state index is 6.13. The Balaban J connectivity index is 2.57. The summed E-state index contributed by atoms with van der Waals surface area (Å²) in [5, 5.41) is 0. The van der Waals surface area contributed by atoms with E-state index in [0.29, 0.717) is 0 Å². The molecule has 2 N–H and O–H groups in total. The molecule has 0 bridgehead atoms. The highest BCUT2D eigenvalue weighted by Crippen LogP contribution is 2.28. The number of hydrogen-bond donors (Lipinski definition) is 1. The number of hydrogen-bond acceptors (Lipinski definition) is 4. The van der Waals surface area contributed by atoms with Crippen LogP contribution in [0.4, 0.5) is 0 Å². The van der Waals surface area contributed by atoms with Crippen molar-refractivity contribution in [2.45, 2.75) is 39.2 Å².